The first kappa shape index (κ1) is 20.0. The lowest BCUT2D eigenvalue weighted by atomic mass is 9.96. The van der Waals surface area contributed by atoms with Crippen LogP contribution in [-0.2, 0) is 11.3 Å². The van der Waals surface area contributed by atoms with Gasteiger partial charge < -0.3 is 0 Å². The zero-order chi connectivity index (χ0) is 20.3. The summed E-state index contributed by atoms with van der Waals surface area (Å²) >= 11 is 1.60. The van der Waals surface area contributed by atoms with E-state index in [1.807, 2.05) is 45.2 Å². The lowest BCUT2D eigenvalue weighted by Crippen LogP contribution is -2.32. The molecule has 3 rings (SSSR count). The summed E-state index contributed by atoms with van der Waals surface area (Å²) in [7, 11) is 0. The van der Waals surface area contributed by atoms with E-state index in [9.17, 15) is 4.79 Å². The lowest BCUT2D eigenvalue weighted by Gasteiger charge is -2.24. The Bertz CT molecular complexity index is 997. The molecule has 0 N–H and O–H groups in total. The van der Waals surface area contributed by atoms with E-state index in [4.69, 9.17) is 0 Å². The fraction of sp³-hybridized carbons (Fsp3) is 0.261. The van der Waals surface area contributed by atoms with Gasteiger partial charge in [-0.3, -0.25) is 9.69 Å². The van der Waals surface area contributed by atoms with Crippen LogP contribution in [-0.4, -0.2) is 15.9 Å². The molecule has 2 aromatic heterocycles. The minimum atomic E-state index is -0.0465. The van der Waals surface area contributed by atoms with Gasteiger partial charge in [0.05, 0.1) is 11.6 Å². The van der Waals surface area contributed by atoms with Gasteiger partial charge in [-0.1, -0.05) is 41.0 Å². The third kappa shape index (κ3) is 4.54. The molecule has 0 fully saturated rings. The summed E-state index contributed by atoms with van der Waals surface area (Å²) < 4.78 is 0. The SMILES string of the molecule is CC(C)=C(C(=O)N(Cc1cnc(C)s1)c1ccccn1)c1cc(C)cc(C)c1. The molecule has 4 nitrogen and oxygen atoms in total. The number of carbonyl (C=O) groups excluding carboxylic acids is 1. The Hall–Kier alpha value is -2.79. The van der Waals surface area contributed by atoms with Gasteiger partial charge in [0.15, 0.2) is 0 Å². The van der Waals surface area contributed by atoms with Gasteiger partial charge in [0.25, 0.3) is 5.91 Å². The van der Waals surface area contributed by atoms with Crippen LogP contribution < -0.4 is 4.90 Å². The number of rotatable bonds is 5. The van der Waals surface area contributed by atoms with E-state index >= 15 is 0 Å². The Morgan fingerprint density at radius 2 is 1.75 bits per heavy atom. The van der Waals surface area contributed by atoms with E-state index < -0.39 is 0 Å². The molecule has 0 saturated carbocycles. The Balaban J connectivity index is 2.06. The number of amides is 1. The van der Waals surface area contributed by atoms with Gasteiger partial charge in [-0.25, -0.2) is 9.97 Å². The average molecular weight is 392 g/mol. The van der Waals surface area contributed by atoms with E-state index in [-0.39, 0.29) is 5.91 Å². The first-order chi connectivity index (χ1) is 13.3. The van der Waals surface area contributed by atoms with Crippen LogP contribution in [0.4, 0.5) is 5.82 Å². The quantitative estimate of drug-likeness (QED) is 0.540. The molecule has 2 heterocycles. The standard InChI is InChI=1S/C23H25N3OS/c1-15(2)22(19-11-16(3)10-17(4)12-19)23(27)26(21-8-6-7-9-24-21)14-20-13-25-18(5)28-20/h6-13H,14H2,1-5H3. The van der Waals surface area contributed by atoms with Crippen molar-refractivity contribution in [1.29, 1.82) is 0 Å². The van der Waals surface area contributed by atoms with Crippen molar-refractivity contribution in [2.75, 3.05) is 4.90 Å². The fourth-order valence-electron chi connectivity index (χ4n) is 3.28. The smallest absolute Gasteiger partial charge is 0.260 e. The highest BCUT2D eigenvalue weighted by atomic mass is 32.1. The van der Waals surface area contributed by atoms with Gasteiger partial charge in [-0.05, 0) is 52.3 Å². The molecule has 1 aromatic carbocycles. The summed E-state index contributed by atoms with van der Waals surface area (Å²) in [6, 6.07) is 11.9. The number of benzene rings is 1. The maximum Gasteiger partial charge on any atom is 0.260 e. The van der Waals surface area contributed by atoms with Gasteiger partial charge in [0, 0.05) is 22.8 Å². The number of aromatic nitrogens is 2. The summed E-state index contributed by atoms with van der Waals surface area (Å²) in [5.41, 5.74) is 4.94. The van der Waals surface area contributed by atoms with Gasteiger partial charge in [-0.2, -0.15) is 0 Å². The van der Waals surface area contributed by atoms with Gasteiger partial charge in [0.1, 0.15) is 5.82 Å². The first-order valence-electron chi connectivity index (χ1n) is 9.25. The highest BCUT2D eigenvalue weighted by Crippen LogP contribution is 2.28. The van der Waals surface area contributed by atoms with Crippen LogP contribution in [0.5, 0.6) is 0 Å². The number of hydrogen-bond donors (Lipinski definition) is 0. The molecule has 1 amide bonds. The second-order valence-electron chi connectivity index (χ2n) is 7.18. The van der Waals surface area contributed by atoms with E-state index in [0.717, 1.165) is 37.7 Å². The highest BCUT2D eigenvalue weighted by Gasteiger charge is 2.24. The van der Waals surface area contributed by atoms with Crippen molar-refractivity contribution in [3.63, 3.8) is 0 Å². The lowest BCUT2D eigenvalue weighted by molar-refractivity contribution is -0.113. The van der Waals surface area contributed by atoms with E-state index in [0.29, 0.717) is 12.4 Å². The van der Waals surface area contributed by atoms with Crippen molar-refractivity contribution < 1.29 is 4.79 Å². The Labute approximate surface area is 170 Å². The summed E-state index contributed by atoms with van der Waals surface area (Å²) in [6.45, 7) is 10.5. The minimum absolute atomic E-state index is 0.0465. The second-order valence-corrected chi connectivity index (χ2v) is 8.50. The summed E-state index contributed by atoms with van der Waals surface area (Å²) in [5.74, 6) is 0.594. The van der Waals surface area contributed by atoms with Gasteiger partial charge in [-0.15, -0.1) is 11.3 Å². The van der Waals surface area contributed by atoms with Gasteiger partial charge in [0.2, 0.25) is 0 Å². The average Bonchev–Trinajstić information content (AvgIpc) is 3.04. The molecule has 0 saturated heterocycles. The van der Waals surface area contributed by atoms with Crippen LogP contribution in [0.2, 0.25) is 0 Å². The number of pyridine rings is 1. The van der Waals surface area contributed by atoms with Crippen molar-refractivity contribution in [3.05, 3.63) is 80.9 Å². The molecule has 0 atom stereocenters. The molecule has 0 aliphatic carbocycles. The molecule has 0 aliphatic rings. The molecule has 0 unspecified atom stereocenters. The number of anilines is 1. The third-order valence-corrected chi connectivity index (χ3v) is 5.28. The maximum absolute atomic E-state index is 13.7. The molecule has 0 radical (unpaired) electrons. The van der Waals surface area contributed by atoms with Crippen molar-refractivity contribution >= 4 is 28.6 Å². The molecular weight excluding hydrogens is 366 g/mol. The normalized spacial score (nSPS) is 10.6. The molecule has 0 aliphatic heterocycles. The monoisotopic (exact) mass is 391 g/mol. The fourth-order valence-corrected chi connectivity index (χ4v) is 4.07. The van der Waals surface area contributed by atoms with Crippen LogP contribution >= 0.6 is 11.3 Å². The van der Waals surface area contributed by atoms with E-state index in [1.54, 1.807) is 22.4 Å². The van der Waals surface area contributed by atoms with Crippen molar-refractivity contribution in [2.45, 2.75) is 41.2 Å². The Morgan fingerprint density at radius 1 is 1.04 bits per heavy atom. The molecule has 5 heteroatoms. The molecule has 0 bridgehead atoms. The predicted octanol–water partition coefficient (Wildman–Crippen LogP) is 5.49. The number of carbonyl (C=O) groups is 1. The molecule has 144 valence electrons. The van der Waals surface area contributed by atoms with Crippen LogP contribution in [0, 0.1) is 20.8 Å². The topological polar surface area (TPSA) is 46.1 Å². The van der Waals surface area contributed by atoms with Crippen LogP contribution in [0.25, 0.3) is 5.57 Å². The maximum atomic E-state index is 13.7. The van der Waals surface area contributed by atoms with Gasteiger partial charge >= 0.3 is 0 Å². The van der Waals surface area contributed by atoms with Crippen molar-refractivity contribution in [3.8, 4) is 0 Å². The summed E-state index contributed by atoms with van der Waals surface area (Å²) in [5, 5.41) is 0.986. The molecular formula is C23H25N3OS. The number of aryl methyl sites for hydroxylation is 3. The van der Waals surface area contributed by atoms with Crippen molar-refractivity contribution in [1.82, 2.24) is 9.97 Å². The highest BCUT2D eigenvalue weighted by molar-refractivity contribution is 7.11. The Kier molecular flexibility index (Phi) is 6.05. The van der Waals surface area contributed by atoms with E-state index in [2.05, 4.69) is 42.0 Å². The third-order valence-electron chi connectivity index (χ3n) is 4.38. The summed E-state index contributed by atoms with van der Waals surface area (Å²) in [6.07, 6.45) is 3.55. The first-order valence-corrected chi connectivity index (χ1v) is 10.1. The largest absolute Gasteiger partial charge is 0.287 e. The zero-order valence-electron chi connectivity index (χ0n) is 17.0. The molecule has 0 spiro atoms. The Morgan fingerprint density at radius 3 is 2.29 bits per heavy atom. The number of hydrogen-bond acceptors (Lipinski definition) is 4. The molecule has 28 heavy (non-hydrogen) atoms. The summed E-state index contributed by atoms with van der Waals surface area (Å²) in [4.78, 5) is 25.3. The van der Waals surface area contributed by atoms with E-state index in [1.165, 1.54) is 0 Å². The van der Waals surface area contributed by atoms with Crippen LogP contribution in [0.3, 0.4) is 0 Å². The van der Waals surface area contributed by atoms with Crippen LogP contribution in [0.15, 0.2) is 54.4 Å². The van der Waals surface area contributed by atoms with Crippen LogP contribution in [0.1, 0.15) is 40.4 Å². The number of thiazole rings is 1. The second kappa shape index (κ2) is 8.48. The number of nitrogens with zero attached hydrogens (tertiary/aromatic N) is 3. The zero-order valence-corrected chi connectivity index (χ0v) is 17.8. The molecule has 3 aromatic rings. The van der Waals surface area contributed by atoms with Crippen molar-refractivity contribution in [2.24, 2.45) is 0 Å². The number of allylic oxidation sites excluding steroid dienone is 1. The minimum Gasteiger partial charge on any atom is -0.287 e. The predicted molar refractivity (Wildman–Crippen MR) is 116 cm³/mol.